The predicted molar refractivity (Wildman–Crippen MR) is 88.7 cm³/mol. The fourth-order valence-electron chi connectivity index (χ4n) is 3.30. The van der Waals surface area contributed by atoms with Crippen LogP contribution in [0, 0.1) is 0 Å². The van der Waals surface area contributed by atoms with E-state index in [9.17, 15) is 9.90 Å². The summed E-state index contributed by atoms with van der Waals surface area (Å²) in [5.41, 5.74) is 4.07. The summed E-state index contributed by atoms with van der Waals surface area (Å²) in [5, 5.41) is 17.0. The first-order valence-electron chi connectivity index (χ1n) is 8.25. The van der Waals surface area contributed by atoms with Gasteiger partial charge < -0.3 is 10.4 Å². The standard InChI is InChI=1S/C18H23N3O2/c1-2-21-12-13(10-20-21)9-19-11-16-5-3-4-14-6-7-15(18(22)23)8-17(14)16/h6-8,10,12,16,19H,2-5,9,11H2,1H3,(H,22,23). The van der Waals surface area contributed by atoms with Crippen LogP contribution in [0.3, 0.4) is 0 Å². The van der Waals surface area contributed by atoms with Gasteiger partial charge in [0.2, 0.25) is 0 Å². The van der Waals surface area contributed by atoms with Crippen molar-refractivity contribution in [1.82, 2.24) is 15.1 Å². The lowest BCUT2D eigenvalue weighted by Gasteiger charge is -2.26. The molecular formula is C18H23N3O2. The average molecular weight is 313 g/mol. The second kappa shape index (κ2) is 6.96. The molecule has 0 saturated carbocycles. The van der Waals surface area contributed by atoms with Gasteiger partial charge in [0.25, 0.3) is 0 Å². The summed E-state index contributed by atoms with van der Waals surface area (Å²) < 4.78 is 1.92. The number of aromatic carboxylic acids is 1. The van der Waals surface area contributed by atoms with Crippen molar-refractivity contribution in [3.8, 4) is 0 Å². The number of hydrogen-bond acceptors (Lipinski definition) is 3. The lowest BCUT2D eigenvalue weighted by atomic mass is 9.82. The molecule has 5 heteroatoms. The summed E-state index contributed by atoms with van der Waals surface area (Å²) in [6.45, 7) is 4.62. The molecule has 1 unspecified atom stereocenters. The summed E-state index contributed by atoms with van der Waals surface area (Å²) in [7, 11) is 0. The zero-order valence-corrected chi connectivity index (χ0v) is 13.5. The molecule has 0 aliphatic heterocycles. The topological polar surface area (TPSA) is 67.2 Å². The summed E-state index contributed by atoms with van der Waals surface area (Å²) in [5.74, 6) is -0.462. The number of nitrogens with one attached hydrogen (secondary N) is 1. The fraction of sp³-hybridized carbons (Fsp3) is 0.444. The molecule has 1 aromatic carbocycles. The van der Waals surface area contributed by atoms with Gasteiger partial charge in [-0.2, -0.15) is 5.10 Å². The normalized spacial score (nSPS) is 17.0. The summed E-state index contributed by atoms with van der Waals surface area (Å²) >= 11 is 0. The third kappa shape index (κ3) is 3.62. The van der Waals surface area contributed by atoms with E-state index in [2.05, 4.69) is 23.5 Å². The molecule has 1 aromatic heterocycles. The number of carboxylic acid groups (broad SMARTS) is 1. The Morgan fingerprint density at radius 2 is 2.35 bits per heavy atom. The van der Waals surface area contributed by atoms with Crippen molar-refractivity contribution < 1.29 is 9.90 Å². The zero-order valence-electron chi connectivity index (χ0n) is 13.5. The van der Waals surface area contributed by atoms with Gasteiger partial charge in [0.05, 0.1) is 11.8 Å². The first-order valence-corrected chi connectivity index (χ1v) is 8.25. The van der Waals surface area contributed by atoms with Gasteiger partial charge in [-0.1, -0.05) is 6.07 Å². The maximum atomic E-state index is 11.2. The fourth-order valence-corrected chi connectivity index (χ4v) is 3.30. The van der Waals surface area contributed by atoms with Crippen molar-refractivity contribution in [3.05, 3.63) is 52.8 Å². The summed E-state index contributed by atoms with van der Waals surface area (Å²) in [6, 6.07) is 5.56. The molecule has 1 aliphatic carbocycles. The molecule has 0 radical (unpaired) electrons. The van der Waals surface area contributed by atoms with Crippen LogP contribution in [0.5, 0.6) is 0 Å². The molecule has 23 heavy (non-hydrogen) atoms. The van der Waals surface area contributed by atoms with Crippen molar-refractivity contribution in [3.63, 3.8) is 0 Å². The minimum Gasteiger partial charge on any atom is -0.478 e. The maximum Gasteiger partial charge on any atom is 0.335 e. The minimum atomic E-state index is -0.850. The van der Waals surface area contributed by atoms with E-state index in [1.807, 2.05) is 23.0 Å². The number of carboxylic acids is 1. The van der Waals surface area contributed by atoms with Crippen LogP contribution in [-0.2, 0) is 19.5 Å². The molecule has 1 atom stereocenters. The second-order valence-corrected chi connectivity index (χ2v) is 6.14. The quantitative estimate of drug-likeness (QED) is 0.860. The maximum absolute atomic E-state index is 11.2. The lowest BCUT2D eigenvalue weighted by molar-refractivity contribution is 0.0696. The van der Waals surface area contributed by atoms with Crippen molar-refractivity contribution in [2.45, 2.75) is 45.2 Å². The third-order valence-electron chi connectivity index (χ3n) is 4.56. The molecule has 5 nitrogen and oxygen atoms in total. The molecule has 1 aliphatic rings. The zero-order chi connectivity index (χ0) is 16.2. The highest BCUT2D eigenvalue weighted by molar-refractivity contribution is 5.88. The van der Waals surface area contributed by atoms with Crippen molar-refractivity contribution in [2.75, 3.05) is 6.54 Å². The van der Waals surface area contributed by atoms with Crippen LogP contribution in [0.1, 0.15) is 52.7 Å². The first-order chi connectivity index (χ1) is 11.2. The molecule has 2 aromatic rings. The van der Waals surface area contributed by atoms with Crippen molar-refractivity contribution >= 4 is 5.97 Å². The molecule has 0 saturated heterocycles. The van der Waals surface area contributed by atoms with Gasteiger partial charge in [-0.15, -0.1) is 0 Å². The van der Waals surface area contributed by atoms with Crippen LogP contribution in [0.25, 0.3) is 0 Å². The average Bonchev–Trinajstić information content (AvgIpc) is 3.02. The Bertz CT molecular complexity index is 693. The van der Waals surface area contributed by atoms with E-state index < -0.39 is 5.97 Å². The van der Waals surface area contributed by atoms with Crippen molar-refractivity contribution in [2.24, 2.45) is 0 Å². The van der Waals surface area contributed by atoms with Gasteiger partial charge in [-0.05, 0) is 55.4 Å². The van der Waals surface area contributed by atoms with Crippen LogP contribution in [0.4, 0.5) is 0 Å². The Kier molecular flexibility index (Phi) is 4.76. The van der Waals surface area contributed by atoms with Gasteiger partial charge in [0.15, 0.2) is 0 Å². The predicted octanol–water partition coefficient (Wildman–Crippen LogP) is 2.81. The van der Waals surface area contributed by atoms with Crippen LogP contribution < -0.4 is 5.32 Å². The Morgan fingerprint density at radius 1 is 1.48 bits per heavy atom. The second-order valence-electron chi connectivity index (χ2n) is 6.14. The largest absolute Gasteiger partial charge is 0.478 e. The molecule has 0 bridgehead atoms. The van der Waals surface area contributed by atoms with E-state index in [1.54, 1.807) is 6.07 Å². The van der Waals surface area contributed by atoms with E-state index in [0.29, 0.717) is 11.5 Å². The number of benzene rings is 1. The molecular weight excluding hydrogens is 290 g/mol. The van der Waals surface area contributed by atoms with Gasteiger partial charge in [0.1, 0.15) is 0 Å². The van der Waals surface area contributed by atoms with Gasteiger partial charge in [-0.25, -0.2) is 4.79 Å². The number of rotatable bonds is 6. The van der Waals surface area contributed by atoms with Gasteiger partial charge >= 0.3 is 5.97 Å². The smallest absolute Gasteiger partial charge is 0.335 e. The highest BCUT2D eigenvalue weighted by Gasteiger charge is 2.21. The molecule has 3 rings (SSSR count). The number of fused-ring (bicyclic) bond motifs is 1. The number of aryl methyl sites for hydroxylation is 2. The first kappa shape index (κ1) is 15.7. The van der Waals surface area contributed by atoms with Crippen LogP contribution in [-0.4, -0.2) is 27.4 Å². The molecule has 0 fully saturated rings. The molecule has 0 amide bonds. The summed E-state index contributed by atoms with van der Waals surface area (Å²) in [4.78, 5) is 11.2. The number of nitrogens with zero attached hydrogens (tertiary/aromatic N) is 2. The third-order valence-corrected chi connectivity index (χ3v) is 4.56. The molecule has 122 valence electrons. The van der Waals surface area contributed by atoms with E-state index in [1.165, 1.54) is 23.1 Å². The number of hydrogen-bond donors (Lipinski definition) is 2. The van der Waals surface area contributed by atoms with Crippen LogP contribution >= 0.6 is 0 Å². The highest BCUT2D eigenvalue weighted by atomic mass is 16.4. The SMILES string of the molecule is CCn1cc(CNCC2CCCc3ccc(C(=O)O)cc32)cn1. The monoisotopic (exact) mass is 313 g/mol. The Balaban J connectivity index is 1.65. The Labute approximate surface area is 136 Å². The van der Waals surface area contributed by atoms with Crippen LogP contribution in [0.15, 0.2) is 30.6 Å². The summed E-state index contributed by atoms with van der Waals surface area (Å²) in [6.07, 6.45) is 7.28. The van der Waals surface area contributed by atoms with Gasteiger partial charge in [0, 0.05) is 31.4 Å². The minimum absolute atomic E-state index is 0.388. The molecule has 2 N–H and O–H groups in total. The van der Waals surface area contributed by atoms with E-state index in [-0.39, 0.29) is 0 Å². The highest BCUT2D eigenvalue weighted by Crippen LogP contribution is 2.32. The number of carbonyl (C=O) groups is 1. The van der Waals surface area contributed by atoms with Crippen molar-refractivity contribution in [1.29, 1.82) is 0 Å². The van der Waals surface area contributed by atoms with E-state index in [0.717, 1.165) is 32.5 Å². The lowest BCUT2D eigenvalue weighted by Crippen LogP contribution is -2.24. The molecule has 0 spiro atoms. The van der Waals surface area contributed by atoms with Crippen LogP contribution in [0.2, 0.25) is 0 Å². The molecule has 1 heterocycles. The Hall–Kier alpha value is -2.14. The van der Waals surface area contributed by atoms with Gasteiger partial charge in [-0.3, -0.25) is 4.68 Å². The Morgan fingerprint density at radius 3 is 3.09 bits per heavy atom. The van der Waals surface area contributed by atoms with E-state index in [4.69, 9.17) is 0 Å². The number of aromatic nitrogens is 2. The van der Waals surface area contributed by atoms with E-state index >= 15 is 0 Å².